The van der Waals surface area contributed by atoms with Gasteiger partial charge in [-0.1, -0.05) is 13.3 Å². The highest BCUT2D eigenvalue weighted by Crippen LogP contribution is 2.33. The van der Waals surface area contributed by atoms with Crippen LogP contribution in [-0.2, 0) is 6.42 Å². The molecule has 1 aromatic carbocycles. The topological polar surface area (TPSA) is 53.6 Å². The lowest BCUT2D eigenvalue weighted by atomic mass is 10.1. The van der Waals surface area contributed by atoms with Crippen molar-refractivity contribution in [3.63, 3.8) is 0 Å². The van der Waals surface area contributed by atoms with Crippen LogP contribution in [0.3, 0.4) is 0 Å². The highest BCUT2D eigenvalue weighted by atomic mass is 32.1. The predicted molar refractivity (Wildman–Crippen MR) is 64.4 cm³/mol. The molecule has 0 aliphatic heterocycles. The molecule has 4 heteroatoms. The third kappa shape index (κ3) is 1.88. The minimum Gasteiger partial charge on any atom is -0.508 e. The molecule has 0 bridgehead atoms. The molecular weight excluding hydrogens is 224 g/mol. The minimum absolute atomic E-state index is 0.0252. The second-order valence-corrected chi connectivity index (χ2v) is 4.08. The van der Waals surface area contributed by atoms with Crippen LogP contribution in [0.15, 0.2) is 22.6 Å². The third-order valence-electron chi connectivity index (χ3n) is 2.41. The zero-order chi connectivity index (χ0) is 11.7. The second-order valence-electron chi connectivity index (χ2n) is 3.68. The number of hydrogen-bond donors (Lipinski definition) is 2. The van der Waals surface area contributed by atoms with E-state index in [2.05, 4.69) is 6.92 Å². The van der Waals surface area contributed by atoms with Gasteiger partial charge in [-0.05, 0) is 30.3 Å². The summed E-state index contributed by atoms with van der Waals surface area (Å²) in [5.41, 5.74) is 1.37. The van der Waals surface area contributed by atoms with Crippen molar-refractivity contribution in [2.75, 3.05) is 0 Å². The van der Waals surface area contributed by atoms with Gasteiger partial charge in [0, 0.05) is 12.1 Å². The van der Waals surface area contributed by atoms with E-state index in [1.807, 2.05) is 0 Å². The van der Waals surface area contributed by atoms with E-state index in [-0.39, 0.29) is 11.5 Å². The van der Waals surface area contributed by atoms with Gasteiger partial charge < -0.3 is 14.6 Å². The minimum atomic E-state index is -0.0307. The maximum atomic E-state index is 9.80. The molecule has 2 rings (SSSR count). The summed E-state index contributed by atoms with van der Waals surface area (Å²) in [6.45, 7) is 2.05. The van der Waals surface area contributed by atoms with Crippen LogP contribution in [0.5, 0.6) is 11.5 Å². The Morgan fingerprint density at radius 1 is 1.25 bits per heavy atom. The lowest BCUT2D eigenvalue weighted by Gasteiger charge is -2.07. The molecule has 0 unspecified atom stereocenters. The normalized spacial score (nSPS) is 10.8. The Labute approximate surface area is 98.0 Å². The summed E-state index contributed by atoms with van der Waals surface area (Å²) >= 11 is 5.00. The van der Waals surface area contributed by atoms with Gasteiger partial charge in [0.15, 0.2) is 4.71 Å². The third-order valence-corrected chi connectivity index (χ3v) is 2.61. The van der Waals surface area contributed by atoms with Crippen LogP contribution in [0, 0.1) is 4.71 Å². The quantitative estimate of drug-likeness (QED) is 0.783. The molecule has 0 saturated carbocycles. The Morgan fingerprint density at radius 2 is 2.00 bits per heavy atom. The summed E-state index contributed by atoms with van der Waals surface area (Å²) in [6.07, 6.45) is 1.77. The van der Waals surface area contributed by atoms with Crippen LogP contribution in [0.4, 0.5) is 0 Å². The van der Waals surface area contributed by atoms with E-state index in [1.165, 1.54) is 12.1 Å². The molecule has 0 atom stereocenters. The van der Waals surface area contributed by atoms with Gasteiger partial charge in [0.25, 0.3) is 0 Å². The fourth-order valence-electron chi connectivity index (χ4n) is 1.81. The van der Waals surface area contributed by atoms with E-state index in [4.69, 9.17) is 16.6 Å². The first kappa shape index (κ1) is 11.0. The molecule has 16 heavy (non-hydrogen) atoms. The summed E-state index contributed by atoms with van der Waals surface area (Å²) in [7, 11) is 0. The first-order chi connectivity index (χ1) is 7.61. The average molecular weight is 236 g/mol. The fraction of sp³-hybridized carbons (Fsp3) is 0.250. The molecule has 0 fully saturated rings. The maximum absolute atomic E-state index is 9.80. The van der Waals surface area contributed by atoms with Gasteiger partial charge in [0.05, 0.1) is 5.39 Å². The van der Waals surface area contributed by atoms with E-state index in [1.54, 1.807) is 6.07 Å². The maximum Gasteiger partial charge on any atom is 0.191 e. The summed E-state index contributed by atoms with van der Waals surface area (Å²) in [6, 6.07) is 4.52. The second kappa shape index (κ2) is 4.14. The van der Waals surface area contributed by atoms with Crippen molar-refractivity contribution in [3.8, 4) is 11.5 Å². The summed E-state index contributed by atoms with van der Waals surface area (Å²) in [5.74, 6) is -0.00556. The predicted octanol–water partition coefficient (Wildman–Crippen LogP) is 3.53. The summed E-state index contributed by atoms with van der Waals surface area (Å²) < 4.78 is 5.67. The van der Waals surface area contributed by atoms with Crippen molar-refractivity contribution in [2.24, 2.45) is 0 Å². The van der Waals surface area contributed by atoms with Crippen molar-refractivity contribution in [2.45, 2.75) is 19.8 Å². The monoisotopic (exact) mass is 236 g/mol. The van der Waals surface area contributed by atoms with E-state index < -0.39 is 0 Å². The standard InChI is InChI=1S/C12H12O3S/c1-2-3-7-4-11(16)15-10-6-8(13)5-9(14)12(7)10/h4-6,13-14H,2-3H2,1H3. The first-order valence-electron chi connectivity index (χ1n) is 5.10. The van der Waals surface area contributed by atoms with Crippen molar-refractivity contribution in [1.29, 1.82) is 0 Å². The van der Waals surface area contributed by atoms with Crippen LogP contribution in [0.1, 0.15) is 18.9 Å². The number of phenolic OH excluding ortho intramolecular Hbond substituents is 2. The molecule has 84 valence electrons. The molecule has 0 radical (unpaired) electrons. The Kier molecular flexibility index (Phi) is 2.83. The van der Waals surface area contributed by atoms with Crippen LogP contribution in [0.2, 0.25) is 0 Å². The fourth-order valence-corrected chi connectivity index (χ4v) is 2.04. The molecule has 0 aliphatic rings. The average Bonchev–Trinajstić information content (AvgIpc) is 2.15. The van der Waals surface area contributed by atoms with E-state index in [0.717, 1.165) is 18.4 Å². The van der Waals surface area contributed by atoms with Crippen molar-refractivity contribution >= 4 is 23.2 Å². The van der Waals surface area contributed by atoms with Gasteiger partial charge >= 0.3 is 0 Å². The Hall–Kier alpha value is -1.55. The smallest absolute Gasteiger partial charge is 0.191 e. The number of aromatic hydroxyl groups is 2. The Bertz CT molecular complexity index is 587. The number of aryl methyl sites for hydroxylation is 1. The molecule has 3 nitrogen and oxygen atoms in total. The largest absolute Gasteiger partial charge is 0.508 e. The Morgan fingerprint density at radius 3 is 2.69 bits per heavy atom. The summed E-state index contributed by atoms with van der Waals surface area (Å²) in [5, 5.41) is 19.8. The molecule has 1 aromatic heterocycles. The molecule has 1 heterocycles. The lowest BCUT2D eigenvalue weighted by molar-refractivity contribution is 0.451. The van der Waals surface area contributed by atoms with E-state index >= 15 is 0 Å². The van der Waals surface area contributed by atoms with Gasteiger partial charge in [0.2, 0.25) is 0 Å². The number of benzene rings is 1. The molecular formula is C12H12O3S. The molecule has 0 amide bonds. The number of fused-ring (bicyclic) bond motifs is 1. The first-order valence-corrected chi connectivity index (χ1v) is 5.51. The van der Waals surface area contributed by atoms with Gasteiger partial charge in [-0.25, -0.2) is 0 Å². The molecule has 0 saturated heterocycles. The van der Waals surface area contributed by atoms with E-state index in [9.17, 15) is 10.2 Å². The van der Waals surface area contributed by atoms with Crippen molar-refractivity contribution in [1.82, 2.24) is 0 Å². The van der Waals surface area contributed by atoms with Crippen LogP contribution in [0.25, 0.3) is 11.0 Å². The van der Waals surface area contributed by atoms with Gasteiger partial charge in [-0.3, -0.25) is 0 Å². The highest BCUT2D eigenvalue weighted by Gasteiger charge is 2.09. The van der Waals surface area contributed by atoms with Crippen LogP contribution in [-0.4, -0.2) is 10.2 Å². The number of phenols is 2. The summed E-state index contributed by atoms with van der Waals surface area (Å²) in [4.78, 5) is 0. The SMILES string of the molecule is CCCc1cc(=S)oc2cc(O)cc(O)c12. The van der Waals surface area contributed by atoms with Gasteiger partial charge in [-0.15, -0.1) is 0 Å². The molecule has 2 N–H and O–H groups in total. The van der Waals surface area contributed by atoms with Crippen molar-refractivity contribution in [3.05, 3.63) is 28.5 Å². The molecule has 2 aromatic rings. The molecule has 0 spiro atoms. The Balaban J connectivity index is 2.84. The van der Waals surface area contributed by atoms with Crippen LogP contribution >= 0.6 is 12.2 Å². The van der Waals surface area contributed by atoms with Gasteiger partial charge in [0.1, 0.15) is 17.1 Å². The zero-order valence-electron chi connectivity index (χ0n) is 8.86. The number of hydrogen-bond acceptors (Lipinski definition) is 4. The van der Waals surface area contributed by atoms with E-state index in [0.29, 0.717) is 15.7 Å². The van der Waals surface area contributed by atoms with Crippen LogP contribution < -0.4 is 0 Å². The number of rotatable bonds is 2. The highest BCUT2D eigenvalue weighted by molar-refractivity contribution is 7.71. The van der Waals surface area contributed by atoms with Crippen molar-refractivity contribution < 1.29 is 14.6 Å². The molecule has 0 aliphatic carbocycles. The zero-order valence-corrected chi connectivity index (χ0v) is 9.67. The van der Waals surface area contributed by atoms with Gasteiger partial charge in [-0.2, -0.15) is 0 Å². The lowest BCUT2D eigenvalue weighted by Crippen LogP contribution is -1.87.